The molecule has 0 aromatic heterocycles. The summed E-state index contributed by atoms with van der Waals surface area (Å²) in [5.74, 6) is 0.557. The highest BCUT2D eigenvalue weighted by Crippen LogP contribution is 2.25. The fraction of sp³-hybridized carbons (Fsp3) is 0.818. The number of thioether (sulfide) groups is 1. The molecule has 0 spiro atoms. The summed E-state index contributed by atoms with van der Waals surface area (Å²) in [7, 11) is 0. The predicted octanol–water partition coefficient (Wildman–Crippen LogP) is 0.998. The van der Waals surface area contributed by atoms with Gasteiger partial charge in [0.25, 0.3) is 0 Å². The molecular weight excluding hydrogens is 240 g/mol. The van der Waals surface area contributed by atoms with E-state index in [1.165, 1.54) is 18.6 Å². The van der Waals surface area contributed by atoms with Crippen molar-refractivity contribution in [3.63, 3.8) is 0 Å². The topological polar surface area (TPSA) is 69.6 Å². The molecule has 1 unspecified atom stereocenters. The first kappa shape index (κ1) is 12.5. The van der Waals surface area contributed by atoms with E-state index in [0.717, 1.165) is 6.54 Å². The van der Waals surface area contributed by atoms with Crippen LogP contribution in [0.1, 0.15) is 19.3 Å². The van der Waals surface area contributed by atoms with Crippen LogP contribution in [0.4, 0.5) is 4.79 Å². The van der Waals surface area contributed by atoms with E-state index in [-0.39, 0.29) is 18.4 Å². The number of urea groups is 1. The maximum atomic E-state index is 11.7. The normalized spacial score (nSPS) is 24.5. The number of carbonyl (C=O) groups excluding carboxylic acids is 1. The Morgan fingerprint density at radius 2 is 2.18 bits per heavy atom. The van der Waals surface area contributed by atoms with Gasteiger partial charge in [-0.1, -0.05) is 0 Å². The zero-order valence-corrected chi connectivity index (χ0v) is 10.5. The largest absolute Gasteiger partial charge is 0.481 e. The van der Waals surface area contributed by atoms with E-state index in [1.54, 1.807) is 4.90 Å². The molecule has 2 amide bonds. The van der Waals surface area contributed by atoms with Crippen molar-refractivity contribution in [2.75, 3.05) is 25.4 Å². The number of carbonyl (C=O) groups is 2. The number of amides is 2. The van der Waals surface area contributed by atoms with Crippen molar-refractivity contribution in [1.29, 1.82) is 0 Å². The monoisotopic (exact) mass is 258 g/mol. The summed E-state index contributed by atoms with van der Waals surface area (Å²) in [6.45, 7) is 1.90. The first-order valence-corrected chi connectivity index (χ1v) is 7.06. The molecule has 0 aromatic rings. The smallest absolute Gasteiger partial charge is 0.317 e. The minimum absolute atomic E-state index is 0.0425. The van der Waals surface area contributed by atoms with Crippen LogP contribution in [-0.2, 0) is 4.79 Å². The van der Waals surface area contributed by atoms with Crippen molar-refractivity contribution in [1.82, 2.24) is 10.2 Å². The molecule has 2 N–H and O–H groups in total. The van der Waals surface area contributed by atoms with Gasteiger partial charge < -0.3 is 15.3 Å². The van der Waals surface area contributed by atoms with Crippen molar-refractivity contribution >= 4 is 23.8 Å². The van der Waals surface area contributed by atoms with Crippen LogP contribution in [0.15, 0.2) is 0 Å². The number of hydrogen-bond acceptors (Lipinski definition) is 3. The molecule has 1 atom stereocenters. The van der Waals surface area contributed by atoms with Gasteiger partial charge in [0, 0.05) is 30.8 Å². The van der Waals surface area contributed by atoms with E-state index in [0.29, 0.717) is 18.3 Å². The molecule has 0 aromatic carbocycles. The van der Waals surface area contributed by atoms with Crippen LogP contribution < -0.4 is 5.32 Å². The SMILES string of the molecule is O=C(O)CC1CN(C(=O)NCC2CCCS2)C1. The van der Waals surface area contributed by atoms with Gasteiger partial charge in [0.05, 0.1) is 6.42 Å². The average molecular weight is 258 g/mol. The van der Waals surface area contributed by atoms with Gasteiger partial charge in [-0.15, -0.1) is 0 Å². The van der Waals surface area contributed by atoms with Crippen LogP contribution in [0.5, 0.6) is 0 Å². The zero-order chi connectivity index (χ0) is 12.3. The van der Waals surface area contributed by atoms with Crippen LogP contribution in [0.2, 0.25) is 0 Å². The third kappa shape index (κ3) is 3.52. The lowest BCUT2D eigenvalue weighted by molar-refractivity contribution is -0.139. The van der Waals surface area contributed by atoms with Gasteiger partial charge in [-0.2, -0.15) is 11.8 Å². The lowest BCUT2D eigenvalue weighted by Gasteiger charge is -2.38. The van der Waals surface area contributed by atoms with Gasteiger partial charge >= 0.3 is 12.0 Å². The van der Waals surface area contributed by atoms with E-state index in [2.05, 4.69) is 5.32 Å². The third-order valence-corrected chi connectivity index (χ3v) is 4.61. The van der Waals surface area contributed by atoms with E-state index in [4.69, 9.17) is 5.11 Å². The standard InChI is InChI=1S/C11H18N2O3S/c14-10(15)4-8-6-13(7-8)11(16)12-5-9-2-1-3-17-9/h8-9H,1-7H2,(H,12,16)(H,14,15). The Balaban J connectivity index is 1.60. The quantitative estimate of drug-likeness (QED) is 0.789. The van der Waals surface area contributed by atoms with Gasteiger partial charge in [0.1, 0.15) is 0 Å². The minimum atomic E-state index is -0.780. The van der Waals surface area contributed by atoms with Crippen LogP contribution in [0, 0.1) is 5.92 Å². The molecule has 2 aliphatic rings. The number of carboxylic acid groups (broad SMARTS) is 1. The first-order chi connectivity index (χ1) is 8.15. The zero-order valence-electron chi connectivity index (χ0n) is 9.72. The maximum Gasteiger partial charge on any atom is 0.317 e. The van der Waals surface area contributed by atoms with Gasteiger partial charge in [0.2, 0.25) is 0 Å². The van der Waals surface area contributed by atoms with E-state index >= 15 is 0 Å². The average Bonchev–Trinajstić information content (AvgIpc) is 2.71. The lowest BCUT2D eigenvalue weighted by Crippen LogP contribution is -2.54. The molecule has 0 bridgehead atoms. The second-order valence-corrected chi connectivity index (χ2v) is 6.10. The van der Waals surface area contributed by atoms with Crippen molar-refractivity contribution in [3.8, 4) is 0 Å². The summed E-state index contributed by atoms with van der Waals surface area (Å²) in [6.07, 6.45) is 2.60. The minimum Gasteiger partial charge on any atom is -0.481 e. The second kappa shape index (κ2) is 5.62. The molecule has 6 heteroatoms. The van der Waals surface area contributed by atoms with E-state index in [1.807, 2.05) is 11.8 Å². The number of nitrogens with one attached hydrogen (secondary N) is 1. The Hall–Kier alpha value is -0.910. The molecular formula is C11H18N2O3S. The summed E-state index contributed by atoms with van der Waals surface area (Å²) >= 11 is 1.92. The highest BCUT2D eigenvalue weighted by molar-refractivity contribution is 8.00. The fourth-order valence-corrected chi connectivity index (χ4v) is 3.43. The number of aliphatic carboxylic acids is 1. The van der Waals surface area contributed by atoms with Crippen molar-refractivity contribution < 1.29 is 14.7 Å². The van der Waals surface area contributed by atoms with Gasteiger partial charge in [0.15, 0.2) is 0 Å². The Morgan fingerprint density at radius 1 is 1.41 bits per heavy atom. The van der Waals surface area contributed by atoms with Crippen molar-refractivity contribution in [2.24, 2.45) is 5.92 Å². The number of carboxylic acids is 1. The Labute approximate surface area is 105 Å². The Bertz CT molecular complexity index is 299. The van der Waals surface area contributed by atoms with E-state index < -0.39 is 5.97 Å². The van der Waals surface area contributed by atoms with Crippen LogP contribution >= 0.6 is 11.8 Å². The van der Waals surface area contributed by atoms with Crippen molar-refractivity contribution in [3.05, 3.63) is 0 Å². The molecule has 0 radical (unpaired) electrons. The molecule has 0 aliphatic carbocycles. The summed E-state index contributed by atoms with van der Waals surface area (Å²) in [5, 5.41) is 12.1. The predicted molar refractivity (Wildman–Crippen MR) is 66.2 cm³/mol. The van der Waals surface area contributed by atoms with Crippen LogP contribution in [0.25, 0.3) is 0 Å². The van der Waals surface area contributed by atoms with Crippen molar-refractivity contribution in [2.45, 2.75) is 24.5 Å². The molecule has 0 saturated carbocycles. The van der Waals surface area contributed by atoms with E-state index in [9.17, 15) is 9.59 Å². The lowest BCUT2D eigenvalue weighted by atomic mass is 9.97. The highest BCUT2D eigenvalue weighted by atomic mass is 32.2. The fourth-order valence-electron chi connectivity index (χ4n) is 2.23. The molecule has 2 heterocycles. The van der Waals surface area contributed by atoms with Gasteiger partial charge in [-0.3, -0.25) is 4.79 Å². The highest BCUT2D eigenvalue weighted by Gasteiger charge is 2.32. The molecule has 5 nitrogen and oxygen atoms in total. The summed E-state index contributed by atoms with van der Waals surface area (Å²) in [5.41, 5.74) is 0. The Kier molecular flexibility index (Phi) is 4.15. The molecule has 2 fully saturated rings. The molecule has 2 rings (SSSR count). The summed E-state index contributed by atoms with van der Waals surface area (Å²) in [4.78, 5) is 23.8. The first-order valence-electron chi connectivity index (χ1n) is 6.01. The summed E-state index contributed by atoms with van der Waals surface area (Å²) in [6, 6.07) is -0.0425. The molecule has 96 valence electrons. The molecule has 2 saturated heterocycles. The van der Waals surface area contributed by atoms with Gasteiger partial charge in [-0.05, 0) is 18.6 Å². The number of rotatable bonds is 4. The number of likely N-dealkylation sites (tertiary alicyclic amines) is 1. The Morgan fingerprint density at radius 3 is 2.76 bits per heavy atom. The maximum absolute atomic E-state index is 11.7. The number of hydrogen-bond donors (Lipinski definition) is 2. The number of nitrogens with zero attached hydrogens (tertiary/aromatic N) is 1. The van der Waals surface area contributed by atoms with Crippen LogP contribution in [-0.4, -0.2) is 52.6 Å². The third-order valence-electron chi connectivity index (χ3n) is 3.21. The molecule has 17 heavy (non-hydrogen) atoms. The van der Waals surface area contributed by atoms with Gasteiger partial charge in [-0.25, -0.2) is 4.79 Å². The summed E-state index contributed by atoms with van der Waals surface area (Å²) < 4.78 is 0. The molecule has 2 aliphatic heterocycles. The second-order valence-electron chi connectivity index (χ2n) is 4.69. The van der Waals surface area contributed by atoms with Crippen LogP contribution in [0.3, 0.4) is 0 Å².